The van der Waals surface area contributed by atoms with Gasteiger partial charge in [-0.05, 0) is 24.5 Å². The number of nitrogens with zero attached hydrogens (tertiary/aromatic N) is 1. The number of halogens is 1. The molecule has 80 valence electrons. The highest BCUT2D eigenvalue weighted by Gasteiger charge is 2.31. The number of hydrogen-bond acceptors (Lipinski definition) is 3. The molecule has 0 unspecified atom stereocenters. The molecule has 0 atom stereocenters. The Balaban J connectivity index is 2.05. The van der Waals surface area contributed by atoms with Gasteiger partial charge in [-0.1, -0.05) is 29.8 Å². The van der Waals surface area contributed by atoms with E-state index >= 15 is 0 Å². The summed E-state index contributed by atoms with van der Waals surface area (Å²) in [5.41, 5.74) is 0.980. The van der Waals surface area contributed by atoms with Gasteiger partial charge in [0.15, 0.2) is 0 Å². The number of rotatable bonds is 5. The first-order chi connectivity index (χ1) is 7.31. The summed E-state index contributed by atoms with van der Waals surface area (Å²) >= 11 is 6.02. The highest BCUT2D eigenvalue weighted by Crippen LogP contribution is 2.29. The number of hydrogen-bond donors (Lipinski definition) is 0. The minimum atomic E-state index is 0.367. The van der Waals surface area contributed by atoms with Crippen LogP contribution in [-0.2, 0) is 16.2 Å². The van der Waals surface area contributed by atoms with E-state index in [-0.39, 0.29) is 0 Å². The topological polar surface area (TPSA) is 29.5 Å². The molecule has 0 spiro atoms. The third-order valence-electron chi connectivity index (χ3n) is 2.42. The molecule has 3 nitrogen and oxygen atoms in total. The summed E-state index contributed by atoms with van der Waals surface area (Å²) in [6.07, 6.45) is 2.16. The van der Waals surface area contributed by atoms with Gasteiger partial charge in [0.05, 0.1) is 6.54 Å². The molecule has 0 aromatic heterocycles. The van der Waals surface area contributed by atoms with E-state index in [1.54, 1.807) is 5.06 Å². The molecule has 1 saturated carbocycles. The van der Waals surface area contributed by atoms with Crippen molar-refractivity contribution in [3.8, 4) is 0 Å². The third kappa shape index (κ3) is 2.70. The maximum atomic E-state index is 10.3. The van der Waals surface area contributed by atoms with Crippen molar-refractivity contribution in [2.75, 3.05) is 0 Å². The molecule has 0 saturated heterocycles. The molecule has 0 heterocycles. The lowest BCUT2D eigenvalue weighted by atomic mass is 10.2. The van der Waals surface area contributed by atoms with Crippen LogP contribution < -0.4 is 0 Å². The second kappa shape index (κ2) is 4.64. The van der Waals surface area contributed by atoms with Crippen molar-refractivity contribution in [3.05, 3.63) is 34.9 Å². The second-order valence-electron chi connectivity index (χ2n) is 3.60. The van der Waals surface area contributed by atoms with Gasteiger partial charge in [0, 0.05) is 11.1 Å². The van der Waals surface area contributed by atoms with Crippen molar-refractivity contribution in [1.82, 2.24) is 5.06 Å². The number of carbonyl (C=O) groups is 1. The van der Waals surface area contributed by atoms with Crippen molar-refractivity contribution in [2.24, 2.45) is 0 Å². The molecule has 0 radical (unpaired) electrons. The van der Waals surface area contributed by atoms with Gasteiger partial charge in [-0.2, -0.15) is 0 Å². The molecule has 0 N–H and O–H groups in total. The summed E-state index contributed by atoms with van der Waals surface area (Å²) in [7, 11) is 0. The zero-order valence-electron chi connectivity index (χ0n) is 8.23. The van der Waals surface area contributed by atoms with Crippen LogP contribution in [0.1, 0.15) is 18.4 Å². The van der Waals surface area contributed by atoms with E-state index in [1.807, 2.05) is 24.3 Å². The number of benzene rings is 1. The molecule has 0 aliphatic heterocycles. The monoisotopic (exact) mass is 225 g/mol. The van der Waals surface area contributed by atoms with Gasteiger partial charge < -0.3 is 4.84 Å². The SMILES string of the molecule is O=CON(Cc1ccccc1Cl)C1CC1. The highest BCUT2D eigenvalue weighted by atomic mass is 35.5. The first-order valence-corrected chi connectivity index (χ1v) is 5.29. The van der Waals surface area contributed by atoms with Crippen LogP contribution in [0.2, 0.25) is 5.02 Å². The van der Waals surface area contributed by atoms with Gasteiger partial charge in [-0.25, -0.2) is 0 Å². The maximum Gasteiger partial charge on any atom is 0.313 e. The van der Waals surface area contributed by atoms with Crippen LogP contribution in [0.4, 0.5) is 0 Å². The van der Waals surface area contributed by atoms with Crippen LogP contribution >= 0.6 is 11.6 Å². The zero-order valence-corrected chi connectivity index (χ0v) is 8.98. The van der Waals surface area contributed by atoms with Crippen molar-refractivity contribution in [2.45, 2.75) is 25.4 Å². The molecule has 0 bridgehead atoms. The van der Waals surface area contributed by atoms with Crippen LogP contribution in [0.15, 0.2) is 24.3 Å². The quantitative estimate of drug-likeness (QED) is 0.569. The fourth-order valence-electron chi connectivity index (χ4n) is 1.46. The first kappa shape index (κ1) is 10.5. The zero-order chi connectivity index (χ0) is 10.7. The van der Waals surface area contributed by atoms with Crippen molar-refractivity contribution < 1.29 is 9.63 Å². The van der Waals surface area contributed by atoms with Crippen LogP contribution in [0.3, 0.4) is 0 Å². The third-order valence-corrected chi connectivity index (χ3v) is 2.79. The van der Waals surface area contributed by atoms with E-state index in [4.69, 9.17) is 16.4 Å². The molecular weight excluding hydrogens is 214 g/mol. The summed E-state index contributed by atoms with van der Waals surface area (Å²) in [5.74, 6) is 0. The smallest absolute Gasteiger partial charge is 0.313 e. The molecule has 15 heavy (non-hydrogen) atoms. The predicted molar refractivity (Wildman–Crippen MR) is 57.2 cm³/mol. The molecule has 1 fully saturated rings. The Kier molecular flexibility index (Phi) is 3.23. The van der Waals surface area contributed by atoms with Gasteiger partial charge in [0.2, 0.25) is 0 Å². The molecule has 1 aromatic rings. The van der Waals surface area contributed by atoms with Crippen LogP contribution in [0, 0.1) is 0 Å². The van der Waals surface area contributed by atoms with E-state index < -0.39 is 0 Å². The van der Waals surface area contributed by atoms with Crippen LogP contribution in [-0.4, -0.2) is 17.6 Å². The fourth-order valence-corrected chi connectivity index (χ4v) is 1.66. The Bertz CT molecular complexity index is 352. The Morgan fingerprint density at radius 2 is 2.20 bits per heavy atom. The molecule has 4 heteroatoms. The van der Waals surface area contributed by atoms with Gasteiger partial charge in [0.25, 0.3) is 0 Å². The van der Waals surface area contributed by atoms with E-state index in [1.165, 1.54) is 0 Å². The highest BCUT2D eigenvalue weighted by molar-refractivity contribution is 6.31. The number of hydroxylamine groups is 2. The lowest BCUT2D eigenvalue weighted by molar-refractivity contribution is -0.180. The minimum Gasteiger partial charge on any atom is -0.370 e. The average molecular weight is 226 g/mol. The summed E-state index contributed by atoms with van der Waals surface area (Å²) < 4.78 is 0. The Morgan fingerprint density at radius 1 is 1.47 bits per heavy atom. The largest absolute Gasteiger partial charge is 0.370 e. The van der Waals surface area contributed by atoms with Gasteiger partial charge in [-0.3, -0.25) is 4.79 Å². The summed E-state index contributed by atoms with van der Waals surface area (Å²) in [4.78, 5) is 15.2. The number of carbonyl (C=O) groups excluding carboxylic acids is 1. The van der Waals surface area contributed by atoms with Crippen LogP contribution in [0.25, 0.3) is 0 Å². The molecule has 1 aromatic carbocycles. The molecule has 0 amide bonds. The van der Waals surface area contributed by atoms with Gasteiger partial charge in [-0.15, -0.1) is 5.06 Å². The predicted octanol–water partition coefficient (Wildman–Crippen LogP) is 2.39. The second-order valence-corrected chi connectivity index (χ2v) is 4.01. The van der Waals surface area contributed by atoms with Crippen molar-refractivity contribution >= 4 is 18.1 Å². The van der Waals surface area contributed by atoms with E-state index in [0.717, 1.165) is 18.4 Å². The summed E-state index contributed by atoms with van der Waals surface area (Å²) in [6, 6.07) is 7.95. The van der Waals surface area contributed by atoms with E-state index in [2.05, 4.69) is 0 Å². The van der Waals surface area contributed by atoms with E-state index in [0.29, 0.717) is 24.1 Å². The van der Waals surface area contributed by atoms with Gasteiger partial charge in [0.1, 0.15) is 0 Å². The first-order valence-electron chi connectivity index (χ1n) is 4.91. The van der Waals surface area contributed by atoms with Crippen molar-refractivity contribution in [3.63, 3.8) is 0 Å². The minimum absolute atomic E-state index is 0.367. The normalized spacial score (nSPS) is 15.3. The summed E-state index contributed by atoms with van der Waals surface area (Å²) in [5, 5.41) is 2.39. The fraction of sp³-hybridized carbons (Fsp3) is 0.364. The summed E-state index contributed by atoms with van der Waals surface area (Å²) in [6.45, 7) is 1.03. The Labute approximate surface area is 93.5 Å². The lowest BCUT2D eigenvalue weighted by Crippen LogP contribution is -2.25. The molecule has 1 aliphatic carbocycles. The van der Waals surface area contributed by atoms with Crippen molar-refractivity contribution in [1.29, 1.82) is 0 Å². The van der Waals surface area contributed by atoms with E-state index in [9.17, 15) is 4.79 Å². The maximum absolute atomic E-state index is 10.3. The molecule has 2 rings (SSSR count). The standard InChI is InChI=1S/C11H12ClNO2/c12-11-4-2-1-3-9(11)7-13(15-8-14)10-5-6-10/h1-4,8,10H,5-7H2. The Morgan fingerprint density at radius 3 is 2.80 bits per heavy atom. The Hall–Kier alpha value is -1.06. The molecule has 1 aliphatic rings. The lowest BCUT2D eigenvalue weighted by Gasteiger charge is -2.18. The molecular formula is C11H12ClNO2. The van der Waals surface area contributed by atoms with Gasteiger partial charge >= 0.3 is 6.47 Å². The average Bonchev–Trinajstić information content (AvgIpc) is 3.04. The van der Waals surface area contributed by atoms with Crippen LogP contribution in [0.5, 0.6) is 0 Å².